The van der Waals surface area contributed by atoms with Gasteiger partial charge in [0.1, 0.15) is 0 Å². The smallest absolute Gasteiger partial charge is 0.336 e. The van der Waals surface area contributed by atoms with E-state index in [1.54, 1.807) is 37.3 Å². The fourth-order valence-corrected chi connectivity index (χ4v) is 5.30. The van der Waals surface area contributed by atoms with Gasteiger partial charge in [-0.05, 0) is 68.3 Å². The number of rotatable bonds is 10. The number of anilines is 2. The number of hydroxylamine groups is 2. The van der Waals surface area contributed by atoms with Crippen LogP contribution in [0.1, 0.15) is 51.3 Å². The van der Waals surface area contributed by atoms with Gasteiger partial charge in [-0.25, -0.2) is 9.86 Å². The maximum Gasteiger partial charge on any atom is 0.336 e. The summed E-state index contributed by atoms with van der Waals surface area (Å²) in [7, 11) is 0. The maximum atomic E-state index is 13.4. The van der Waals surface area contributed by atoms with Gasteiger partial charge in [0.15, 0.2) is 0 Å². The van der Waals surface area contributed by atoms with Crippen molar-refractivity contribution in [1.29, 1.82) is 0 Å². The minimum Gasteiger partial charge on any atom is -0.478 e. The van der Waals surface area contributed by atoms with Crippen LogP contribution in [-0.2, 0) is 9.63 Å². The maximum absolute atomic E-state index is 13.4. The summed E-state index contributed by atoms with van der Waals surface area (Å²) in [4.78, 5) is 46.6. The highest BCUT2D eigenvalue weighted by Crippen LogP contribution is 2.39. The topological polar surface area (TPSA) is 123 Å². The van der Waals surface area contributed by atoms with Crippen LogP contribution in [0.25, 0.3) is 11.3 Å². The number of carboxylic acids is 1. The molecule has 1 fully saturated rings. The first-order valence-electron chi connectivity index (χ1n) is 14.5. The van der Waals surface area contributed by atoms with Crippen LogP contribution >= 0.6 is 0 Å². The minimum atomic E-state index is -1.05. The molecule has 0 bridgehead atoms. The molecule has 10 heteroatoms. The number of carbonyl (C=O) groups excluding carboxylic acids is 2. The molecule has 5 rings (SSSR count). The highest BCUT2D eigenvalue weighted by atomic mass is 16.7. The lowest BCUT2D eigenvalue weighted by atomic mass is 9.96. The third-order valence-corrected chi connectivity index (χ3v) is 7.57. The largest absolute Gasteiger partial charge is 0.478 e. The highest BCUT2D eigenvalue weighted by Gasteiger charge is 2.30. The van der Waals surface area contributed by atoms with Gasteiger partial charge >= 0.3 is 5.97 Å². The van der Waals surface area contributed by atoms with E-state index < -0.39 is 5.97 Å². The molecule has 0 aromatic heterocycles. The molecule has 3 aromatic carbocycles. The monoisotopic (exact) mass is 583 g/mol. The predicted octanol–water partition coefficient (Wildman–Crippen LogP) is 4.31. The van der Waals surface area contributed by atoms with Crippen molar-refractivity contribution in [3.8, 4) is 0 Å². The molecule has 3 aromatic rings. The number of piperazine rings is 1. The van der Waals surface area contributed by atoms with Gasteiger partial charge in [0.2, 0.25) is 0 Å². The summed E-state index contributed by atoms with van der Waals surface area (Å²) < 4.78 is 0. The van der Waals surface area contributed by atoms with E-state index in [0.717, 1.165) is 38.3 Å². The first kappa shape index (κ1) is 30.0. The van der Waals surface area contributed by atoms with E-state index >= 15 is 0 Å². The first-order valence-corrected chi connectivity index (χ1v) is 14.5. The summed E-state index contributed by atoms with van der Waals surface area (Å²) in [5.41, 5.74) is 4.68. The fraction of sp³-hybridized carbons (Fsp3) is 0.303. The van der Waals surface area contributed by atoms with Crippen LogP contribution in [0, 0.1) is 6.92 Å². The number of carbonyl (C=O) groups is 3. The molecular formula is C33H37N5O5. The molecule has 0 aliphatic carbocycles. The summed E-state index contributed by atoms with van der Waals surface area (Å²) in [5, 5.41) is 20.5. The van der Waals surface area contributed by atoms with E-state index in [-0.39, 0.29) is 23.4 Å². The summed E-state index contributed by atoms with van der Waals surface area (Å²) in [6, 6.07) is 19.6. The number of hydrogen-bond donors (Lipinski definition) is 4. The average molecular weight is 584 g/mol. The molecule has 2 heterocycles. The Labute approximate surface area is 251 Å². The molecule has 43 heavy (non-hydrogen) atoms. The van der Waals surface area contributed by atoms with Crippen molar-refractivity contribution in [1.82, 2.24) is 15.3 Å². The lowest BCUT2D eigenvalue weighted by Crippen LogP contribution is -2.46. The molecule has 224 valence electrons. The number of nitrogens with one attached hydrogen (secondary N) is 3. The molecule has 10 nitrogen and oxygen atoms in total. The van der Waals surface area contributed by atoms with E-state index in [1.165, 1.54) is 11.1 Å². The van der Waals surface area contributed by atoms with Gasteiger partial charge in [-0.1, -0.05) is 30.3 Å². The van der Waals surface area contributed by atoms with Gasteiger partial charge in [0.05, 0.1) is 35.2 Å². The molecule has 0 atom stereocenters. The van der Waals surface area contributed by atoms with Crippen molar-refractivity contribution in [2.24, 2.45) is 0 Å². The molecule has 0 saturated carbocycles. The third kappa shape index (κ3) is 6.77. The van der Waals surface area contributed by atoms with Gasteiger partial charge in [-0.15, -0.1) is 0 Å². The van der Waals surface area contributed by atoms with Crippen LogP contribution in [0.4, 0.5) is 11.4 Å². The average Bonchev–Trinajstić information content (AvgIpc) is 3.32. The molecular weight excluding hydrogens is 546 g/mol. The standard InChI is InChI=1S/C33H37N5O5/c1-21(2)38(43-18-17-37-15-13-34-14-16-37)32(40)24-9-11-25(12-10-24)35-30(23-7-5-4-6-8-23)29-27-19-22(3)26(33(41)42)20-28(27)36-31(29)39/h4-12,19-21,34-35H,13-18H2,1-3H3,(H,36,39)(H,41,42)/b30-29-. The number of carboxylic acid groups (broad SMARTS) is 1. The van der Waals surface area contributed by atoms with Crippen LogP contribution in [0.2, 0.25) is 0 Å². The van der Waals surface area contributed by atoms with Gasteiger partial charge in [0.25, 0.3) is 11.8 Å². The van der Waals surface area contributed by atoms with Crippen molar-refractivity contribution in [3.63, 3.8) is 0 Å². The quantitative estimate of drug-likeness (QED) is 0.206. The van der Waals surface area contributed by atoms with Gasteiger partial charge < -0.3 is 21.1 Å². The Bertz CT molecular complexity index is 1530. The van der Waals surface area contributed by atoms with E-state index in [0.29, 0.717) is 45.9 Å². The Kier molecular flexibility index (Phi) is 9.20. The number of benzene rings is 3. The normalized spacial score (nSPS) is 16.0. The van der Waals surface area contributed by atoms with Crippen molar-refractivity contribution in [2.45, 2.75) is 26.8 Å². The molecule has 4 N–H and O–H groups in total. The molecule has 0 spiro atoms. The summed E-state index contributed by atoms with van der Waals surface area (Å²) >= 11 is 0. The van der Waals surface area contributed by atoms with Crippen LogP contribution in [0.15, 0.2) is 66.7 Å². The molecule has 0 unspecified atom stereocenters. The van der Waals surface area contributed by atoms with Crippen LogP contribution < -0.4 is 16.0 Å². The van der Waals surface area contributed by atoms with E-state index in [4.69, 9.17) is 4.84 Å². The zero-order chi connectivity index (χ0) is 30.5. The van der Waals surface area contributed by atoms with E-state index in [1.807, 2.05) is 44.2 Å². The molecule has 2 aliphatic heterocycles. The lowest BCUT2D eigenvalue weighted by Gasteiger charge is -2.30. The number of fused-ring (bicyclic) bond motifs is 1. The second-order valence-electron chi connectivity index (χ2n) is 10.9. The summed E-state index contributed by atoms with van der Waals surface area (Å²) in [5.74, 6) is -1.61. The number of amides is 2. The molecule has 2 aliphatic rings. The molecule has 2 amide bonds. The highest BCUT2D eigenvalue weighted by molar-refractivity contribution is 6.37. The number of aromatic carboxylic acids is 1. The Morgan fingerprint density at radius 1 is 1.02 bits per heavy atom. The minimum absolute atomic E-state index is 0.137. The lowest BCUT2D eigenvalue weighted by molar-refractivity contribution is -0.145. The van der Waals surface area contributed by atoms with Gasteiger partial charge in [-0.3, -0.25) is 19.3 Å². The van der Waals surface area contributed by atoms with E-state index in [9.17, 15) is 19.5 Å². The first-order chi connectivity index (χ1) is 20.7. The van der Waals surface area contributed by atoms with Crippen molar-refractivity contribution in [2.75, 3.05) is 50.0 Å². The molecule has 1 saturated heterocycles. The Hall–Kier alpha value is -4.51. The number of nitrogens with zero attached hydrogens (tertiary/aromatic N) is 2. The second-order valence-corrected chi connectivity index (χ2v) is 10.9. The predicted molar refractivity (Wildman–Crippen MR) is 167 cm³/mol. The van der Waals surface area contributed by atoms with Crippen LogP contribution in [0.3, 0.4) is 0 Å². The zero-order valence-electron chi connectivity index (χ0n) is 24.6. The molecule has 0 radical (unpaired) electrons. The Morgan fingerprint density at radius 2 is 1.72 bits per heavy atom. The SMILES string of the molecule is Cc1cc2c(cc1C(=O)O)NC(=O)/C2=C(\Nc1ccc(C(=O)N(OCCN2CCNCC2)C(C)C)cc1)c1ccccc1. The second kappa shape index (κ2) is 13.2. The van der Waals surface area contributed by atoms with Crippen molar-refractivity contribution in [3.05, 3.63) is 94.5 Å². The Morgan fingerprint density at radius 3 is 2.37 bits per heavy atom. The Balaban J connectivity index is 1.39. The summed E-state index contributed by atoms with van der Waals surface area (Å²) in [6.07, 6.45) is 0. The number of hydrogen-bond acceptors (Lipinski definition) is 7. The van der Waals surface area contributed by atoms with Crippen molar-refractivity contribution < 1.29 is 24.3 Å². The van der Waals surface area contributed by atoms with Crippen LogP contribution in [0.5, 0.6) is 0 Å². The summed E-state index contributed by atoms with van der Waals surface area (Å²) in [6.45, 7) is 10.6. The zero-order valence-corrected chi connectivity index (χ0v) is 24.6. The number of aryl methyl sites for hydroxylation is 1. The van der Waals surface area contributed by atoms with Crippen molar-refractivity contribution >= 4 is 40.4 Å². The van der Waals surface area contributed by atoms with Gasteiger partial charge in [-0.2, -0.15) is 0 Å². The fourth-order valence-electron chi connectivity index (χ4n) is 5.30. The van der Waals surface area contributed by atoms with Crippen LogP contribution in [-0.4, -0.2) is 78.2 Å². The van der Waals surface area contributed by atoms with E-state index in [2.05, 4.69) is 20.9 Å². The third-order valence-electron chi connectivity index (χ3n) is 7.57. The van der Waals surface area contributed by atoms with Gasteiger partial charge in [0, 0.05) is 49.5 Å².